The number of fused-ring (bicyclic) bond motifs is 1. The highest BCUT2D eigenvalue weighted by molar-refractivity contribution is 6.04. The number of aliphatic hydroxyl groups excluding tert-OH is 1. The second-order valence-electron chi connectivity index (χ2n) is 7.02. The van der Waals surface area contributed by atoms with Crippen molar-refractivity contribution in [1.29, 1.82) is 0 Å². The van der Waals surface area contributed by atoms with Crippen LogP contribution in [0.5, 0.6) is 5.75 Å². The summed E-state index contributed by atoms with van der Waals surface area (Å²) < 4.78 is 11.4. The molecule has 0 saturated heterocycles. The van der Waals surface area contributed by atoms with Crippen LogP contribution < -0.4 is 10.1 Å². The van der Waals surface area contributed by atoms with Gasteiger partial charge in [0.05, 0.1) is 19.0 Å². The van der Waals surface area contributed by atoms with E-state index in [4.69, 9.17) is 9.15 Å². The van der Waals surface area contributed by atoms with Gasteiger partial charge in [0.15, 0.2) is 11.5 Å². The highest BCUT2D eigenvalue weighted by Crippen LogP contribution is 2.38. The van der Waals surface area contributed by atoms with Gasteiger partial charge in [-0.25, -0.2) is 9.97 Å². The number of carbonyl (C=O) groups excluding carboxylic acids is 1. The lowest BCUT2D eigenvalue weighted by Crippen LogP contribution is -2.16. The second-order valence-corrected chi connectivity index (χ2v) is 7.02. The van der Waals surface area contributed by atoms with Crippen molar-refractivity contribution < 1.29 is 19.1 Å². The van der Waals surface area contributed by atoms with Crippen molar-refractivity contribution in [2.24, 2.45) is 5.92 Å². The molecule has 0 unspecified atom stereocenters. The van der Waals surface area contributed by atoms with Crippen LogP contribution in [-0.2, 0) is 0 Å². The molecular formula is C20H22N4O4. The number of carbonyl (C=O) groups is 1. The van der Waals surface area contributed by atoms with E-state index in [1.54, 1.807) is 12.1 Å². The molecule has 0 aliphatic heterocycles. The van der Waals surface area contributed by atoms with Gasteiger partial charge in [-0.15, -0.1) is 0 Å². The van der Waals surface area contributed by atoms with E-state index in [0.29, 0.717) is 34.3 Å². The Balaban J connectivity index is 1.59. The summed E-state index contributed by atoms with van der Waals surface area (Å²) >= 11 is 0. The Hall–Kier alpha value is -3.00. The van der Waals surface area contributed by atoms with E-state index in [1.807, 2.05) is 0 Å². The van der Waals surface area contributed by atoms with Gasteiger partial charge in [-0.3, -0.25) is 9.78 Å². The molecule has 0 bridgehead atoms. The van der Waals surface area contributed by atoms with E-state index < -0.39 is 0 Å². The molecule has 2 heterocycles. The van der Waals surface area contributed by atoms with Crippen LogP contribution in [0.15, 0.2) is 35.1 Å². The number of amides is 1. The summed E-state index contributed by atoms with van der Waals surface area (Å²) in [5, 5.41) is 12.1. The average molecular weight is 382 g/mol. The molecule has 3 aromatic rings. The number of nitrogens with one attached hydrogen (secondary N) is 1. The van der Waals surface area contributed by atoms with Gasteiger partial charge < -0.3 is 19.6 Å². The number of aromatic nitrogens is 3. The van der Waals surface area contributed by atoms with E-state index in [-0.39, 0.29) is 24.1 Å². The van der Waals surface area contributed by atoms with Crippen molar-refractivity contribution >= 4 is 22.7 Å². The molecule has 2 N–H and O–H groups in total. The fourth-order valence-electron chi connectivity index (χ4n) is 3.61. The fraction of sp³-hybridized carbons (Fsp3) is 0.400. The van der Waals surface area contributed by atoms with Gasteiger partial charge in [-0.1, -0.05) is 0 Å². The van der Waals surface area contributed by atoms with Crippen LogP contribution in [0.3, 0.4) is 0 Å². The van der Waals surface area contributed by atoms with Crippen molar-refractivity contribution in [2.45, 2.75) is 31.6 Å². The summed E-state index contributed by atoms with van der Waals surface area (Å²) in [6.07, 6.45) is 8.22. The summed E-state index contributed by atoms with van der Waals surface area (Å²) in [5.41, 5.74) is 1.98. The van der Waals surface area contributed by atoms with Crippen molar-refractivity contribution in [1.82, 2.24) is 15.0 Å². The van der Waals surface area contributed by atoms with E-state index in [2.05, 4.69) is 20.3 Å². The average Bonchev–Trinajstić information content (AvgIpc) is 3.16. The molecule has 4 rings (SSSR count). The van der Waals surface area contributed by atoms with Gasteiger partial charge >= 0.3 is 0 Å². The van der Waals surface area contributed by atoms with Gasteiger partial charge in [-0.2, -0.15) is 0 Å². The van der Waals surface area contributed by atoms with Crippen LogP contribution in [0.4, 0.5) is 5.69 Å². The largest absolute Gasteiger partial charge is 0.494 e. The molecule has 2 aromatic heterocycles. The lowest BCUT2D eigenvalue weighted by Gasteiger charge is -2.24. The number of aliphatic hydroxyl groups is 1. The first-order chi connectivity index (χ1) is 13.7. The van der Waals surface area contributed by atoms with E-state index >= 15 is 0 Å². The number of anilines is 1. The Morgan fingerprint density at radius 3 is 2.79 bits per heavy atom. The highest BCUT2D eigenvalue weighted by Gasteiger charge is 2.26. The third kappa shape index (κ3) is 3.68. The zero-order valence-corrected chi connectivity index (χ0v) is 15.6. The first kappa shape index (κ1) is 18.4. The SMILES string of the molecule is COc1cc2nc(C3CCC(CO)CC3)oc2cc1NC(=O)c1cnccn1. The molecule has 1 saturated carbocycles. The van der Waals surface area contributed by atoms with Crippen molar-refractivity contribution in [3.8, 4) is 5.75 Å². The lowest BCUT2D eigenvalue weighted by atomic mass is 9.82. The quantitative estimate of drug-likeness (QED) is 0.697. The van der Waals surface area contributed by atoms with Crippen LogP contribution in [0.1, 0.15) is 48.0 Å². The minimum Gasteiger partial charge on any atom is -0.494 e. The second kappa shape index (κ2) is 7.93. The standard InChI is InChI=1S/C20H22N4O4/c1-27-17-8-15-18(9-14(17)23-19(26)16-10-21-6-7-22-16)28-20(24-15)13-4-2-12(11-25)3-5-13/h6-10,12-13,25H,2-5,11H2,1H3,(H,23,26). The molecule has 1 aromatic carbocycles. The number of hydrogen-bond donors (Lipinski definition) is 2. The fourth-order valence-corrected chi connectivity index (χ4v) is 3.61. The van der Waals surface area contributed by atoms with Crippen LogP contribution in [-0.4, -0.2) is 39.7 Å². The van der Waals surface area contributed by atoms with Crippen molar-refractivity contribution in [3.63, 3.8) is 0 Å². The molecule has 0 spiro atoms. The number of nitrogens with zero attached hydrogens (tertiary/aromatic N) is 3. The Labute approximate surface area is 162 Å². The molecular weight excluding hydrogens is 360 g/mol. The predicted molar refractivity (Wildman–Crippen MR) is 102 cm³/mol. The number of oxazole rings is 1. The summed E-state index contributed by atoms with van der Waals surface area (Å²) in [6, 6.07) is 3.48. The van der Waals surface area contributed by atoms with E-state index in [1.165, 1.54) is 25.7 Å². The monoisotopic (exact) mass is 382 g/mol. The van der Waals surface area contributed by atoms with Gasteiger partial charge in [0.25, 0.3) is 5.91 Å². The normalized spacial score (nSPS) is 19.5. The predicted octanol–water partition coefficient (Wildman–Crippen LogP) is 3.14. The van der Waals surface area contributed by atoms with Crippen molar-refractivity contribution in [2.75, 3.05) is 19.0 Å². The molecule has 1 fully saturated rings. The maximum absolute atomic E-state index is 12.4. The van der Waals surface area contributed by atoms with Crippen LogP contribution in [0, 0.1) is 5.92 Å². The van der Waals surface area contributed by atoms with Gasteiger partial charge in [0.1, 0.15) is 17.0 Å². The number of benzene rings is 1. The smallest absolute Gasteiger partial charge is 0.275 e. The number of hydrogen-bond acceptors (Lipinski definition) is 7. The molecule has 28 heavy (non-hydrogen) atoms. The molecule has 1 aliphatic rings. The third-order valence-corrected chi connectivity index (χ3v) is 5.22. The lowest BCUT2D eigenvalue weighted by molar-refractivity contribution is 0.102. The molecule has 1 aliphatic carbocycles. The first-order valence-electron chi connectivity index (χ1n) is 9.34. The summed E-state index contributed by atoms with van der Waals surface area (Å²) in [6.45, 7) is 0.242. The summed E-state index contributed by atoms with van der Waals surface area (Å²) in [4.78, 5) is 24.9. The van der Waals surface area contributed by atoms with Gasteiger partial charge in [0, 0.05) is 37.1 Å². The van der Waals surface area contributed by atoms with Crippen LogP contribution >= 0.6 is 0 Å². The van der Waals surface area contributed by atoms with E-state index in [9.17, 15) is 9.90 Å². The first-order valence-corrected chi connectivity index (χ1v) is 9.34. The minimum atomic E-state index is -0.382. The molecule has 8 heteroatoms. The topological polar surface area (TPSA) is 110 Å². The Bertz CT molecular complexity index is 965. The van der Waals surface area contributed by atoms with Crippen LogP contribution in [0.2, 0.25) is 0 Å². The Morgan fingerprint density at radius 2 is 2.11 bits per heavy atom. The molecule has 1 amide bonds. The summed E-state index contributed by atoms with van der Waals surface area (Å²) in [5.74, 6) is 1.44. The molecule has 8 nitrogen and oxygen atoms in total. The Kier molecular flexibility index (Phi) is 5.21. The maximum Gasteiger partial charge on any atom is 0.275 e. The Morgan fingerprint density at radius 1 is 1.29 bits per heavy atom. The number of methoxy groups -OCH3 is 1. The molecule has 0 atom stereocenters. The zero-order chi connectivity index (χ0) is 19.5. The van der Waals surface area contributed by atoms with Crippen LogP contribution in [0.25, 0.3) is 11.1 Å². The summed E-state index contributed by atoms with van der Waals surface area (Å²) in [7, 11) is 1.54. The maximum atomic E-state index is 12.4. The molecule has 146 valence electrons. The molecule has 0 radical (unpaired) electrons. The third-order valence-electron chi connectivity index (χ3n) is 5.22. The zero-order valence-electron chi connectivity index (χ0n) is 15.6. The minimum absolute atomic E-state index is 0.212. The van der Waals surface area contributed by atoms with Crippen molar-refractivity contribution in [3.05, 3.63) is 42.3 Å². The van der Waals surface area contributed by atoms with E-state index in [0.717, 1.165) is 25.7 Å². The highest BCUT2D eigenvalue weighted by atomic mass is 16.5. The van der Waals surface area contributed by atoms with Gasteiger partial charge in [-0.05, 0) is 31.6 Å². The number of ether oxygens (including phenoxy) is 1. The number of rotatable bonds is 5. The van der Waals surface area contributed by atoms with Gasteiger partial charge in [0.2, 0.25) is 0 Å².